The van der Waals surface area contributed by atoms with Crippen LogP contribution in [0.1, 0.15) is 22.0 Å². The summed E-state index contributed by atoms with van der Waals surface area (Å²) in [5.74, 6) is -4.67. The van der Waals surface area contributed by atoms with E-state index in [1.807, 2.05) is 0 Å². The normalized spacial score (nSPS) is 12.3. The Morgan fingerprint density at radius 1 is 0.889 bits per heavy atom. The van der Waals surface area contributed by atoms with E-state index in [1.54, 1.807) is 66.7 Å². The molecule has 0 aliphatic heterocycles. The fraction of sp³-hybridized carbons (Fsp3) is 0.136. The molecule has 1 unspecified atom stereocenters. The topological polar surface area (TPSA) is 38.3 Å². The van der Waals surface area contributed by atoms with Crippen molar-refractivity contribution < 1.29 is 18.3 Å². The molecule has 5 heteroatoms. The molecule has 3 nitrogen and oxygen atoms in total. The summed E-state index contributed by atoms with van der Waals surface area (Å²) < 4.78 is 36.0. The number of Topliss-reactive ketones (excluding diaryl/α,β-unsaturated/α-hetero) is 1. The van der Waals surface area contributed by atoms with Crippen molar-refractivity contribution in [1.82, 2.24) is 0 Å². The lowest BCUT2D eigenvalue weighted by atomic mass is 9.93. The van der Waals surface area contributed by atoms with Crippen LogP contribution in [0.3, 0.4) is 0 Å². The number of anilines is 1. The van der Waals surface area contributed by atoms with Crippen LogP contribution in [0.4, 0.5) is 14.5 Å². The lowest BCUT2D eigenvalue weighted by Crippen LogP contribution is -2.40. The number of carbonyl (C=O) groups excluding carboxylic acids is 1. The van der Waals surface area contributed by atoms with E-state index in [1.165, 1.54) is 25.3 Å². The van der Waals surface area contributed by atoms with E-state index < -0.39 is 17.7 Å². The number of hydrogen-bond donors (Lipinski definition) is 1. The van der Waals surface area contributed by atoms with Gasteiger partial charge in [-0.25, -0.2) is 0 Å². The van der Waals surface area contributed by atoms with Crippen LogP contribution in [0.25, 0.3) is 0 Å². The number of carbonyl (C=O) groups is 1. The Kier molecular flexibility index (Phi) is 5.50. The zero-order valence-electron chi connectivity index (χ0n) is 14.7. The van der Waals surface area contributed by atoms with E-state index in [0.717, 1.165) is 0 Å². The first kappa shape index (κ1) is 18.6. The average molecular weight is 367 g/mol. The van der Waals surface area contributed by atoms with E-state index in [9.17, 15) is 4.79 Å². The molecule has 0 aliphatic carbocycles. The van der Waals surface area contributed by atoms with Crippen LogP contribution < -0.4 is 10.1 Å². The zero-order chi connectivity index (χ0) is 19.3. The number of ketones is 1. The van der Waals surface area contributed by atoms with Gasteiger partial charge < -0.3 is 10.1 Å². The first-order valence-electron chi connectivity index (χ1n) is 8.46. The Bertz CT molecular complexity index is 898. The molecule has 0 heterocycles. The number of methoxy groups -OCH3 is 1. The van der Waals surface area contributed by atoms with Crippen molar-refractivity contribution >= 4 is 11.5 Å². The minimum atomic E-state index is -3.70. The number of halogens is 2. The molecule has 1 atom stereocenters. The zero-order valence-corrected chi connectivity index (χ0v) is 14.7. The number of ether oxygens (including phenoxy) is 1. The van der Waals surface area contributed by atoms with Gasteiger partial charge in [0, 0.05) is 16.8 Å². The van der Waals surface area contributed by atoms with Crippen LogP contribution >= 0.6 is 0 Å². The van der Waals surface area contributed by atoms with E-state index in [-0.39, 0.29) is 16.9 Å². The Morgan fingerprint density at radius 2 is 1.44 bits per heavy atom. The summed E-state index contributed by atoms with van der Waals surface area (Å²) in [4.78, 5) is 12.6. The molecule has 0 spiro atoms. The predicted molar refractivity (Wildman–Crippen MR) is 102 cm³/mol. The minimum Gasteiger partial charge on any atom is -0.496 e. The largest absolute Gasteiger partial charge is 0.496 e. The van der Waals surface area contributed by atoms with Crippen molar-refractivity contribution in [2.45, 2.75) is 12.0 Å². The minimum absolute atomic E-state index is 0.0442. The summed E-state index contributed by atoms with van der Waals surface area (Å²) in [6.07, 6.45) is 0. The molecule has 3 aromatic rings. The second kappa shape index (κ2) is 7.99. The SMILES string of the molecule is COc1ccccc1C(Nc1ccccc1)C(F)(F)C(=O)c1ccccc1. The molecule has 0 radical (unpaired) electrons. The van der Waals surface area contributed by atoms with Crippen LogP contribution in [0.15, 0.2) is 84.9 Å². The Labute approximate surface area is 156 Å². The number of para-hydroxylation sites is 2. The predicted octanol–water partition coefficient (Wildman–Crippen LogP) is 5.37. The highest BCUT2D eigenvalue weighted by molar-refractivity contribution is 6.02. The summed E-state index contributed by atoms with van der Waals surface area (Å²) in [7, 11) is 1.41. The van der Waals surface area contributed by atoms with Gasteiger partial charge in [0.15, 0.2) is 0 Å². The molecule has 3 aromatic carbocycles. The maximum Gasteiger partial charge on any atom is 0.333 e. The van der Waals surface area contributed by atoms with Crippen LogP contribution in [-0.4, -0.2) is 18.8 Å². The fourth-order valence-corrected chi connectivity index (χ4v) is 2.88. The monoisotopic (exact) mass is 367 g/mol. The van der Waals surface area contributed by atoms with Crippen LogP contribution in [0, 0.1) is 0 Å². The number of hydrogen-bond acceptors (Lipinski definition) is 3. The molecule has 3 rings (SSSR count). The molecule has 0 aliphatic rings. The Morgan fingerprint density at radius 3 is 2.07 bits per heavy atom. The summed E-state index contributed by atoms with van der Waals surface area (Å²) in [6, 6.07) is 21.0. The maximum atomic E-state index is 15.4. The molecule has 0 bridgehead atoms. The summed E-state index contributed by atoms with van der Waals surface area (Å²) >= 11 is 0. The third-order valence-electron chi connectivity index (χ3n) is 4.24. The third-order valence-corrected chi connectivity index (χ3v) is 4.24. The number of nitrogens with one attached hydrogen (secondary N) is 1. The molecule has 0 saturated carbocycles. The lowest BCUT2D eigenvalue weighted by Gasteiger charge is -2.29. The number of alkyl halides is 2. The number of rotatable bonds is 7. The molecule has 0 aromatic heterocycles. The molecular formula is C22H19F2NO2. The highest BCUT2D eigenvalue weighted by Gasteiger charge is 2.49. The second-order valence-electron chi connectivity index (χ2n) is 6.00. The molecule has 138 valence electrons. The van der Waals surface area contributed by atoms with Gasteiger partial charge in [0.25, 0.3) is 0 Å². The Hall–Kier alpha value is -3.21. The fourth-order valence-electron chi connectivity index (χ4n) is 2.88. The maximum absolute atomic E-state index is 15.4. The van der Waals surface area contributed by atoms with E-state index in [2.05, 4.69) is 5.32 Å². The van der Waals surface area contributed by atoms with Crippen molar-refractivity contribution in [3.05, 3.63) is 96.1 Å². The van der Waals surface area contributed by atoms with Crippen LogP contribution in [0.2, 0.25) is 0 Å². The van der Waals surface area contributed by atoms with Gasteiger partial charge in [-0.1, -0.05) is 66.7 Å². The summed E-state index contributed by atoms with van der Waals surface area (Å²) in [6.45, 7) is 0. The third kappa shape index (κ3) is 3.97. The first-order chi connectivity index (χ1) is 13.0. The molecular weight excluding hydrogens is 348 g/mol. The molecule has 0 amide bonds. The van der Waals surface area contributed by atoms with Gasteiger partial charge in [-0.15, -0.1) is 0 Å². The molecule has 0 saturated heterocycles. The summed E-state index contributed by atoms with van der Waals surface area (Å²) in [5.41, 5.74) is 0.643. The molecule has 0 fully saturated rings. The van der Waals surface area contributed by atoms with Crippen molar-refractivity contribution in [2.24, 2.45) is 0 Å². The van der Waals surface area contributed by atoms with E-state index in [0.29, 0.717) is 5.69 Å². The standard InChI is InChI=1S/C22H19F2NO2/c1-27-19-15-9-8-14-18(19)20(25-17-12-6-3-7-13-17)22(23,24)21(26)16-10-4-2-5-11-16/h2-15,20,25H,1H3. The smallest absolute Gasteiger partial charge is 0.333 e. The van der Waals surface area contributed by atoms with Gasteiger partial charge in [0.2, 0.25) is 5.78 Å². The summed E-state index contributed by atoms with van der Waals surface area (Å²) in [5, 5.41) is 2.81. The first-order valence-corrected chi connectivity index (χ1v) is 8.46. The van der Waals surface area contributed by atoms with Gasteiger partial charge in [0.05, 0.1) is 7.11 Å². The van der Waals surface area contributed by atoms with Gasteiger partial charge in [-0.2, -0.15) is 8.78 Å². The van der Waals surface area contributed by atoms with Crippen molar-refractivity contribution in [3.63, 3.8) is 0 Å². The van der Waals surface area contributed by atoms with Gasteiger partial charge >= 0.3 is 5.92 Å². The quantitative estimate of drug-likeness (QED) is 0.571. The second-order valence-corrected chi connectivity index (χ2v) is 6.00. The van der Waals surface area contributed by atoms with E-state index >= 15 is 8.78 Å². The van der Waals surface area contributed by atoms with Gasteiger partial charge in [-0.05, 0) is 18.2 Å². The van der Waals surface area contributed by atoms with Crippen LogP contribution in [-0.2, 0) is 0 Å². The molecule has 27 heavy (non-hydrogen) atoms. The highest BCUT2D eigenvalue weighted by atomic mass is 19.3. The van der Waals surface area contributed by atoms with Crippen molar-refractivity contribution in [1.29, 1.82) is 0 Å². The average Bonchev–Trinajstić information content (AvgIpc) is 2.72. The molecule has 1 N–H and O–H groups in total. The highest BCUT2D eigenvalue weighted by Crippen LogP contribution is 2.40. The lowest BCUT2D eigenvalue weighted by molar-refractivity contribution is -0.00307. The van der Waals surface area contributed by atoms with Gasteiger partial charge in [0.1, 0.15) is 11.8 Å². The van der Waals surface area contributed by atoms with Crippen LogP contribution in [0.5, 0.6) is 5.75 Å². The van der Waals surface area contributed by atoms with Gasteiger partial charge in [-0.3, -0.25) is 4.79 Å². The number of benzene rings is 3. The van der Waals surface area contributed by atoms with E-state index in [4.69, 9.17) is 4.74 Å². The Balaban J connectivity index is 2.06. The van der Waals surface area contributed by atoms with Crippen molar-refractivity contribution in [3.8, 4) is 5.75 Å². The van der Waals surface area contributed by atoms with Crippen molar-refractivity contribution in [2.75, 3.05) is 12.4 Å².